The van der Waals surface area contributed by atoms with Gasteiger partial charge in [0.05, 0.1) is 37.2 Å². The summed E-state index contributed by atoms with van der Waals surface area (Å²) in [6.45, 7) is 13.5. The van der Waals surface area contributed by atoms with Crippen LogP contribution in [-0.4, -0.2) is 87.1 Å². The summed E-state index contributed by atoms with van der Waals surface area (Å²) in [5, 5.41) is 10.3. The summed E-state index contributed by atoms with van der Waals surface area (Å²) in [4.78, 5) is 44.1. The van der Waals surface area contributed by atoms with Gasteiger partial charge in [-0.15, -0.1) is 6.58 Å². The van der Waals surface area contributed by atoms with Crippen LogP contribution in [0.5, 0.6) is 0 Å². The smallest absolute Gasteiger partial charge is 0.312 e. The highest BCUT2D eigenvalue weighted by Crippen LogP contribution is 2.61. The number of aliphatic hydroxyl groups is 1. The van der Waals surface area contributed by atoms with Gasteiger partial charge in [0.1, 0.15) is 11.6 Å². The fourth-order valence-corrected chi connectivity index (χ4v) is 6.82. The topological polar surface area (TPSA) is 96.4 Å². The number of esters is 1. The van der Waals surface area contributed by atoms with E-state index in [9.17, 15) is 19.5 Å². The number of amides is 2. The number of alkyl halides is 1. The Hall–Kier alpha value is -1.45. The van der Waals surface area contributed by atoms with Gasteiger partial charge in [-0.2, -0.15) is 0 Å². The second-order valence-corrected chi connectivity index (χ2v) is 10.8. The normalized spacial score (nSPS) is 34.4. The molecule has 0 saturated carbocycles. The monoisotopic (exact) mass is 528 g/mol. The number of carbonyl (C=O) groups excluding carboxylic acids is 3. The molecule has 1 spiro atoms. The zero-order valence-electron chi connectivity index (χ0n) is 20.2. The molecule has 0 aliphatic carbocycles. The molecule has 0 radical (unpaired) electrons. The van der Waals surface area contributed by atoms with Crippen LogP contribution in [0, 0.1) is 17.8 Å². The van der Waals surface area contributed by atoms with E-state index < -0.39 is 41.6 Å². The van der Waals surface area contributed by atoms with E-state index in [2.05, 4.69) is 22.5 Å². The number of nitrogens with zero attached hydrogens (tertiary/aromatic N) is 2. The van der Waals surface area contributed by atoms with Crippen LogP contribution < -0.4 is 0 Å². The van der Waals surface area contributed by atoms with Gasteiger partial charge in [-0.3, -0.25) is 14.4 Å². The predicted octanol–water partition coefficient (Wildman–Crippen LogP) is 2.13. The van der Waals surface area contributed by atoms with Crippen LogP contribution in [0.15, 0.2) is 12.7 Å². The third kappa shape index (κ3) is 4.04. The van der Waals surface area contributed by atoms with E-state index >= 15 is 0 Å². The van der Waals surface area contributed by atoms with Gasteiger partial charge >= 0.3 is 5.97 Å². The molecule has 3 unspecified atom stereocenters. The van der Waals surface area contributed by atoms with E-state index in [0.717, 1.165) is 6.42 Å². The number of rotatable bonds is 10. The summed E-state index contributed by atoms with van der Waals surface area (Å²) in [5.74, 6) is -2.69. The first kappa shape index (κ1) is 26.2. The quantitative estimate of drug-likeness (QED) is 0.265. The molecular weight excluding hydrogens is 492 g/mol. The third-order valence-electron chi connectivity index (χ3n) is 7.60. The zero-order chi connectivity index (χ0) is 24.7. The lowest BCUT2D eigenvalue weighted by Crippen LogP contribution is -2.60. The molecule has 2 bridgehead atoms. The Morgan fingerprint density at radius 1 is 1.39 bits per heavy atom. The van der Waals surface area contributed by atoms with Gasteiger partial charge in [-0.05, 0) is 33.1 Å². The third-order valence-corrected chi connectivity index (χ3v) is 8.44. The first-order valence-corrected chi connectivity index (χ1v) is 12.9. The summed E-state index contributed by atoms with van der Waals surface area (Å²) < 4.78 is 11.8. The van der Waals surface area contributed by atoms with Crippen molar-refractivity contribution in [2.45, 2.75) is 82.1 Å². The van der Waals surface area contributed by atoms with Crippen molar-refractivity contribution in [3.8, 4) is 0 Å². The minimum atomic E-state index is -1.15. The maximum absolute atomic E-state index is 14.1. The molecule has 3 saturated heterocycles. The van der Waals surface area contributed by atoms with Crippen LogP contribution in [0.3, 0.4) is 0 Å². The maximum Gasteiger partial charge on any atom is 0.312 e. The van der Waals surface area contributed by atoms with Crippen molar-refractivity contribution in [1.82, 2.24) is 9.80 Å². The predicted molar refractivity (Wildman–Crippen MR) is 127 cm³/mol. The van der Waals surface area contributed by atoms with E-state index in [-0.39, 0.29) is 41.8 Å². The average Bonchev–Trinajstić information content (AvgIpc) is 3.36. The van der Waals surface area contributed by atoms with Gasteiger partial charge in [0.25, 0.3) is 0 Å². The molecule has 186 valence electrons. The number of fused-ring (bicyclic) bond motifs is 1. The minimum Gasteiger partial charge on any atom is -0.466 e. The molecule has 0 aromatic carbocycles. The Morgan fingerprint density at radius 2 is 2.06 bits per heavy atom. The average molecular weight is 529 g/mol. The molecular formula is C24H37BrN2O6. The summed E-state index contributed by atoms with van der Waals surface area (Å²) in [7, 11) is 0. The molecule has 3 aliphatic rings. The first-order chi connectivity index (χ1) is 15.6. The fraction of sp³-hybridized carbons (Fsp3) is 0.792. The number of ether oxygens (including phenoxy) is 2. The van der Waals surface area contributed by atoms with Crippen molar-refractivity contribution in [3.63, 3.8) is 0 Å². The van der Waals surface area contributed by atoms with Crippen LogP contribution in [0.25, 0.3) is 0 Å². The van der Waals surface area contributed by atoms with E-state index in [1.165, 1.54) is 4.90 Å². The Morgan fingerprint density at radius 3 is 2.58 bits per heavy atom. The highest BCUT2D eigenvalue weighted by Gasteiger charge is 2.77. The minimum absolute atomic E-state index is 0.0469. The fourth-order valence-electron chi connectivity index (χ4n) is 5.88. The van der Waals surface area contributed by atoms with Crippen molar-refractivity contribution in [2.24, 2.45) is 17.8 Å². The van der Waals surface area contributed by atoms with Crippen molar-refractivity contribution < 1.29 is 29.0 Å². The molecule has 8 nitrogen and oxygen atoms in total. The van der Waals surface area contributed by atoms with Crippen LogP contribution in [-0.2, 0) is 23.9 Å². The van der Waals surface area contributed by atoms with E-state index in [1.54, 1.807) is 17.9 Å². The maximum atomic E-state index is 14.1. The first-order valence-electron chi connectivity index (χ1n) is 11.9. The van der Waals surface area contributed by atoms with Crippen molar-refractivity contribution in [3.05, 3.63) is 12.7 Å². The summed E-state index contributed by atoms with van der Waals surface area (Å²) in [6, 6.07) is -1.63. The lowest BCUT2D eigenvalue weighted by atomic mass is 9.70. The van der Waals surface area contributed by atoms with E-state index in [1.807, 2.05) is 27.7 Å². The second-order valence-electron chi connectivity index (χ2n) is 9.67. The molecule has 8 atom stereocenters. The number of likely N-dealkylation sites (tertiary alicyclic amines) is 1. The molecule has 3 rings (SSSR count). The van der Waals surface area contributed by atoms with Crippen molar-refractivity contribution in [2.75, 3.05) is 19.8 Å². The van der Waals surface area contributed by atoms with Crippen LogP contribution in [0.2, 0.25) is 0 Å². The highest BCUT2D eigenvalue weighted by molar-refractivity contribution is 9.09. The number of hydrogen-bond donors (Lipinski definition) is 1. The standard InChI is InChI=1S/C24H37BrN2O6/c1-7-10-26(13(4)5)22(30)20-24-11-15(25)19(33-24)17(23(31)32-9-3)18(24)21(29)27(20)16(12-28)14(6)8-2/h7,13-20,28H,1,8-12H2,2-6H3/t14-,15?,16-,17-,18-,19-,20?,24?/m0/s1. The number of aliphatic hydroxyl groups excluding tert-OH is 1. The van der Waals surface area contributed by atoms with Crippen molar-refractivity contribution in [1.29, 1.82) is 0 Å². The second kappa shape index (κ2) is 10.0. The molecule has 1 N–H and O–H groups in total. The lowest BCUT2D eigenvalue weighted by Gasteiger charge is -2.41. The number of hydrogen-bond acceptors (Lipinski definition) is 6. The SMILES string of the molecule is C=CCN(C(=O)C1N([C@@H](CO)[C@@H](C)CC)C(=O)[C@@H]2[C@H](C(=O)OCC)[C@H]3OC12CC3Br)C(C)C. The molecule has 0 aromatic heterocycles. The van der Waals surface area contributed by atoms with Crippen LogP contribution in [0.4, 0.5) is 0 Å². The highest BCUT2D eigenvalue weighted by atomic mass is 79.9. The van der Waals surface area contributed by atoms with Gasteiger partial charge < -0.3 is 24.4 Å². The van der Waals surface area contributed by atoms with Gasteiger partial charge in [-0.1, -0.05) is 42.3 Å². The Labute approximate surface area is 204 Å². The molecule has 3 heterocycles. The van der Waals surface area contributed by atoms with Crippen LogP contribution in [0.1, 0.15) is 47.5 Å². The molecule has 0 aromatic rings. The Bertz CT molecular complexity index is 791. The van der Waals surface area contributed by atoms with E-state index in [4.69, 9.17) is 9.47 Å². The van der Waals surface area contributed by atoms with Gasteiger partial charge in [-0.25, -0.2) is 0 Å². The van der Waals surface area contributed by atoms with Crippen molar-refractivity contribution >= 4 is 33.7 Å². The zero-order valence-corrected chi connectivity index (χ0v) is 21.8. The number of carbonyl (C=O) groups is 3. The Balaban J connectivity index is 2.16. The summed E-state index contributed by atoms with van der Waals surface area (Å²) in [5.41, 5.74) is -1.15. The van der Waals surface area contributed by atoms with Gasteiger partial charge in [0.2, 0.25) is 11.8 Å². The van der Waals surface area contributed by atoms with Crippen LogP contribution >= 0.6 is 15.9 Å². The molecule has 33 heavy (non-hydrogen) atoms. The largest absolute Gasteiger partial charge is 0.466 e. The lowest BCUT2D eigenvalue weighted by molar-refractivity contribution is -0.157. The molecule has 3 aliphatic heterocycles. The Kier molecular flexibility index (Phi) is 7.96. The molecule has 9 heteroatoms. The van der Waals surface area contributed by atoms with Gasteiger partial charge in [0.15, 0.2) is 0 Å². The molecule has 2 amide bonds. The molecule has 3 fully saturated rings. The number of halogens is 1. The summed E-state index contributed by atoms with van der Waals surface area (Å²) >= 11 is 3.64. The summed E-state index contributed by atoms with van der Waals surface area (Å²) in [6.07, 6.45) is 2.27. The van der Waals surface area contributed by atoms with E-state index in [0.29, 0.717) is 13.0 Å². The van der Waals surface area contributed by atoms with Gasteiger partial charge in [0, 0.05) is 17.4 Å².